The summed E-state index contributed by atoms with van der Waals surface area (Å²) in [5.41, 5.74) is 0.985. The first kappa shape index (κ1) is 29.3. The van der Waals surface area contributed by atoms with Crippen LogP contribution in [0.25, 0.3) is 0 Å². The van der Waals surface area contributed by atoms with Crippen molar-refractivity contribution in [2.24, 2.45) is 0 Å². The number of carbonyl (C=O) groups is 4. The second-order valence-electron chi connectivity index (χ2n) is 9.73. The minimum absolute atomic E-state index is 0.0128. The number of hydrogen-bond acceptors (Lipinski definition) is 4. The first-order valence-corrected chi connectivity index (χ1v) is 13.6. The van der Waals surface area contributed by atoms with Gasteiger partial charge in [0.05, 0.1) is 6.54 Å². The van der Waals surface area contributed by atoms with E-state index in [2.05, 4.69) is 22.9 Å². The van der Waals surface area contributed by atoms with E-state index >= 15 is 0 Å². The zero-order chi connectivity index (χ0) is 26.2. The topological polar surface area (TPSA) is 108 Å². The Hall–Kier alpha value is -2.90. The van der Waals surface area contributed by atoms with E-state index in [1.54, 1.807) is 4.90 Å². The molecule has 0 bridgehead atoms. The molecule has 4 amide bonds. The van der Waals surface area contributed by atoms with E-state index in [1.165, 1.54) is 32.6 Å². The Balaban J connectivity index is 1.97. The molecule has 200 valence electrons. The first-order valence-electron chi connectivity index (χ1n) is 13.6. The van der Waals surface area contributed by atoms with Crippen LogP contribution in [0.15, 0.2) is 30.3 Å². The van der Waals surface area contributed by atoms with E-state index in [9.17, 15) is 19.2 Å². The molecule has 36 heavy (non-hydrogen) atoms. The highest BCUT2D eigenvalue weighted by Crippen LogP contribution is 2.20. The Morgan fingerprint density at radius 1 is 0.972 bits per heavy atom. The molecule has 8 nitrogen and oxygen atoms in total. The lowest BCUT2D eigenvalue weighted by molar-refractivity contribution is -0.147. The third kappa shape index (κ3) is 11.2. The molecule has 2 rings (SSSR count). The number of nitrogens with zero attached hydrogens (tertiary/aromatic N) is 1. The fourth-order valence-electron chi connectivity index (χ4n) is 4.60. The van der Waals surface area contributed by atoms with Gasteiger partial charge >= 0.3 is 0 Å². The zero-order valence-corrected chi connectivity index (χ0v) is 22.0. The molecule has 0 saturated carbocycles. The Morgan fingerprint density at radius 2 is 1.64 bits per heavy atom. The van der Waals surface area contributed by atoms with Crippen molar-refractivity contribution in [3.8, 4) is 0 Å². The summed E-state index contributed by atoms with van der Waals surface area (Å²) in [6.45, 7) is 4.61. The summed E-state index contributed by atoms with van der Waals surface area (Å²) in [7, 11) is 0. The minimum Gasteiger partial charge on any atom is -0.356 e. The molecule has 3 N–H and O–H groups in total. The largest absolute Gasteiger partial charge is 0.356 e. The highest BCUT2D eigenvalue weighted by atomic mass is 16.2. The molecule has 1 saturated heterocycles. The summed E-state index contributed by atoms with van der Waals surface area (Å²) in [6, 6.07) is 8.72. The van der Waals surface area contributed by atoms with Gasteiger partial charge in [-0.3, -0.25) is 19.2 Å². The van der Waals surface area contributed by atoms with Gasteiger partial charge in [0.1, 0.15) is 6.04 Å². The Labute approximate surface area is 216 Å². The highest BCUT2D eigenvalue weighted by molar-refractivity contribution is 5.95. The summed E-state index contributed by atoms with van der Waals surface area (Å²) in [4.78, 5) is 51.3. The number of hydrogen-bond donors (Lipinski definition) is 3. The molecule has 1 fully saturated rings. The molecule has 8 heteroatoms. The number of carbonyl (C=O) groups excluding carboxylic acids is 4. The average Bonchev–Trinajstić information content (AvgIpc) is 2.85. The lowest BCUT2D eigenvalue weighted by Crippen LogP contribution is -2.61. The number of benzene rings is 1. The summed E-state index contributed by atoms with van der Waals surface area (Å²) in [5.74, 6) is -0.534. The Kier molecular flexibility index (Phi) is 13.6. The van der Waals surface area contributed by atoms with E-state index in [0.29, 0.717) is 32.4 Å². The van der Waals surface area contributed by atoms with Gasteiger partial charge in [-0.2, -0.15) is 0 Å². The maximum Gasteiger partial charge on any atom is 0.246 e. The van der Waals surface area contributed by atoms with Gasteiger partial charge in [-0.15, -0.1) is 0 Å². The van der Waals surface area contributed by atoms with Crippen LogP contribution in [0.5, 0.6) is 0 Å². The minimum atomic E-state index is -0.620. The monoisotopic (exact) mass is 500 g/mol. The fraction of sp³-hybridized carbons (Fsp3) is 0.643. The van der Waals surface area contributed by atoms with Gasteiger partial charge in [0, 0.05) is 38.9 Å². The van der Waals surface area contributed by atoms with Crippen LogP contribution in [0.1, 0.15) is 83.6 Å². The van der Waals surface area contributed by atoms with Gasteiger partial charge < -0.3 is 20.9 Å². The molecule has 0 radical (unpaired) electrons. The number of unbranched alkanes of at least 4 members (excludes halogenated alkanes) is 6. The van der Waals surface area contributed by atoms with Crippen molar-refractivity contribution in [3.05, 3.63) is 35.9 Å². The van der Waals surface area contributed by atoms with Crippen LogP contribution in [0, 0.1) is 0 Å². The van der Waals surface area contributed by atoms with Gasteiger partial charge in [0.2, 0.25) is 23.6 Å². The van der Waals surface area contributed by atoms with Gasteiger partial charge in [0.15, 0.2) is 0 Å². The lowest BCUT2D eigenvalue weighted by atomic mass is 9.97. The van der Waals surface area contributed by atoms with Gasteiger partial charge in [0.25, 0.3) is 0 Å². The van der Waals surface area contributed by atoms with E-state index < -0.39 is 6.04 Å². The summed E-state index contributed by atoms with van der Waals surface area (Å²) in [5, 5.41) is 8.45. The predicted octanol–water partition coefficient (Wildman–Crippen LogP) is 3.10. The van der Waals surface area contributed by atoms with Crippen LogP contribution in [0.4, 0.5) is 0 Å². The summed E-state index contributed by atoms with van der Waals surface area (Å²) < 4.78 is 0. The van der Waals surface area contributed by atoms with Crippen molar-refractivity contribution in [2.75, 3.05) is 19.6 Å². The maximum atomic E-state index is 13.4. The lowest BCUT2D eigenvalue weighted by Gasteiger charge is -2.38. The molecular weight excluding hydrogens is 456 g/mol. The molecule has 1 aliphatic rings. The van der Waals surface area contributed by atoms with Crippen LogP contribution in [-0.2, 0) is 25.6 Å². The normalized spacial score (nSPS) is 16.4. The van der Waals surface area contributed by atoms with Crippen LogP contribution in [-0.4, -0.2) is 60.2 Å². The molecule has 0 spiro atoms. The van der Waals surface area contributed by atoms with Crippen LogP contribution >= 0.6 is 0 Å². The maximum absolute atomic E-state index is 13.4. The zero-order valence-electron chi connectivity index (χ0n) is 22.0. The van der Waals surface area contributed by atoms with Crippen LogP contribution < -0.4 is 16.0 Å². The molecule has 1 heterocycles. The second kappa shape index (κ2) is 16.7. The van der Waals surface area contributed by atoms with Crippen molar-refractivity contribution in [1.29, 1.82) is 0 Å². The average molecular weight is 501 g/mol. The predicted molar refractivity (Wildman–Crippen MR) is 141 cm³/mol. The molecule has 0 unspecified atom stereocenters. The Morgan fingerprint density at radius 3 is 2.33 bits per heavy atom. The van der Waals surface area contributed by atoms with Crippen molar-refractivity contribution in [3.63, 3.8) is 0 Å². The number of amides is 4. The highest BCUT2D eigenvalue weighted by Gasteiger charge is 2.37. The van der Waals surface area contributed by atoms with Crippen molar-refractivity contribution >= 4 is 23.6 Å². The van der Waals surface area contributed by atoms with Gasteiger partial charge in [-0.05, 0) is 18.4 Å². The van der Waals surface area contributed by atoms with Gasteiger partial charge in [-0.25, -0.2) is 0 Å². The van der Waals surface area contributed by atoms with Crippen molar-refractivity contribution in [1.82, 2.24) is 20.9 Å². The first-order chi connectivity index (χ1) is 17.4. The molecule has 0 aromatic heterocycles. The SMILES string of the molecule is CCCCCCCCC[C@H](CC(=O)NCCCNC(C)=O)N1CC(=O)N[C@@H](Cc2ccccc2)C1=O. The molecular formula is C28H44N4O4. The number of nitrogens with one attached hydrogen (secondary N) is 3. The number of piperazine rings is 1. The Bertz CT molecular complexity index is 830. The van der Waals surface area contributed by atoms with Crippen molar-refractivity contribution < 1.29 is 19.2 Å². The van der Waals surface area contributed by atoms with E-state index in [0.717, 1.165) is 24.8 Å². The summed E-state index contributed by atoms with van der Waals surface area (Å²) >= 11 is 0. The van der Waals surface area contributed by atoms with Crippen LogP contribution in [0.3, 0.4) is 0 Å². The molecule has 0 aliphatic carbocycles. The fourth-order valence-corrected chi connectivity index (χ4v) is 4.60. The molecule has 2 atom stereocenters. The number of rotatable bonds is 17. The van der Waals surface area contributed by atoms with Crippen LogP contribution in [0.2, 0.25) is 0 Å². The molecule has 1 aromatic carbocycles. The second-order valence-corrected chi connectivity index (χ2v) is 9.73. The van der Waals surface area contributed by atoms with E-state index in [4.69, 9.17) is 0 Å². The standard InChI is InChI=1S/C28H44N4O4/c1-3-4-5-6-7-8-12-16-24(20-26(34)30-18-13-17-29-22(2)33)32-21-27(35)31-25(28(32)36)19-23-14-10-9-11-15-23/h9-11,14-15,24-25H,3-8,12-13,16-21H2,1-2H3,(H,29,33)(H,30,34)(H,31,35)/t24-,25+/m1/s1. The third-order valence-corrected chi connectivity index (χ3v) is 6.57. The quantitative estimate of drug-likeness (QED) is 0.286. The van der Waals surface area contributed by atoms with Gasteiger partial charge in [-0.1, -0.05) is 82.2 Å². The van der Waals surface area contributed by atoms with E-state index in [1.807, 2.05) is 30.3 Å². The molecule has 1 aromatic rings. The van der Waals surface area contributed by atoms with E-state index in [-0.39, 0.29) is 42.6 Å². The molecule has 1 aliphatic heterocycles. The third-order valence-electron chi connectivity index (χ3n) is 6.57. The smallest absolute Gasteiger partial charge is 0.246 e. The summed E-state index contributed by atoms with van der Waals surface area (Å²) in [6.07, 6.45) is 9.98. The van der Waals surface area contributed by atoms with Crippen molar-refractivity contribution in [2.45, 2.75) is 96.6 Å².